The first-order valence-electron chi connectivity index (χ1n) is 14.3. The van der Waals surface area contributed by atoms with Gasteiger partial charge in [0, 0.05) is 21.2 Å². The van der Waals surface area contributed by atoms with E-state index in [0.29, 0.717) is 33.3 Å². The number of methoxy groups -OCH3 is 1. The minimum atomic E-state index is -0.561. The molecule has 0 aliphatic carbocycles. The molecule has 0 saturated heterocycles. The third-order valence-electron chi connectivity index (χ3n) is 6.78. The zero-order chi connectivity index (χ0) is 32.3. The fraction of sp³-hybridized carbons (Fsp3) is 0.0541. The van der Waals surface area contributed by atoms with Crippen LogP contribution in [-0.2, 0) is 9.59 Å². The normalized spacial score (nSPS) is 11.7. The summed E-state index contributed by atoms with van der Waals surface area (Å²) in [7, 11) is 1.56. The summed E-state index contributed by atoms with van der Waals surface area (Å²) in [5.74, 6) is -0.555. The highest BCUT2D eigenvalue weighted by molar-refractivity contribution is 8.00. The van der Waals surface area contributed by atoms with Crippen molar-refractivity contribution in [2.45, 2.75) is 10.1 Å². The van der Waals surface area contributed by atoms with Gasteiger partial charge in [-0.2, -0.15) is 0 Å². The van der Waals surface area contributed by atoms with Gasteiger partial charge in [0.2, 0.25) is 5.91 Å². The maximum absolute atomic E-state index is 13.5. The number of hydrogen-bond donors (Lipinski definition) is 3. The molecule has 0 aliphatic rings. The summed E-state index contributed by atoms with van der Waals surface area (Å²) in [4.78, 5) is 40.7. The second-order valence-corrected chi connectivity index (χ2v) is 11.6. The quantitative estimate of drug-likeness (QED) is 0.0991. The minimum Gasteiger partial charge on any atom is -0.495 e. The molecule has 9 heteroatoms. The number of halogens is 1. The fourth-order valence-corrected chi connectivity index (χ4v) is 5.62. The number of thioether (sulfide) groups is 1. The zero-order valence-electron chi connectivity index (χ0n) is 24.8. The minimum absolute atomic E-state index is 0.0618. The molecule has 0 fully saturated rings. The van der Waals surface area contributed by atoms with E-state index in [1.807, 2.05) is 60.7 Å². The van der Waals surface area contributed by atoms with Crippen molar-refractivity contribution in [1.82, 2.24) is 5.32 Å². The van der Waals surface area contributed by atoms with E-state index in [4.69, 9.17) is 16.3 Å². The van der Waals surface area contributed by atoms with Crippen LogP contribution < -0.4 is 20.7 Å². The lowest BCUT2D eigenvalue weighted by atomic mass is 10.1. The first-order valence-corrected chi connectivity index (χ1v) is 15.6. The summed E-state index contributed by atoms with van der Waals surface area (Å²) in [5.41, 5.74) is 3.10. The van der Waals surface area contributed by atoms with E-state index < -0.39 is 17.1 Å². The highest BCUT2D eigenvalue weighted by Gasteiger charge is 2.23. The number of benzene rings is 5. The average Bonchev–Trinajstić information content (AvgIpc) is 3.09. The molecular weight excluding hydrogens is 618 g/mol. The van der Waals surface area contributed by atoms with Crippen LogP contribution in [0.1, 0.15) is 26.7 Å². The van der Waals surface area contributed by atoms with Crippen molar-refractivity contribution in [2.24, 2.45) is 0 Å². The molecule has 3 N–H and O–H groups in total. The number of carbonyl (C=O) groups excluding carboxylic acids is 3. The van der Waals surface area contributed by atoms with Gasteiger partial charge in [-0.05, 0) is 77.9 Å². The summed E-state index contributed by atoms with van der Waals surface area (Å²) in [6, 6.07) is 39.5. The van der Waals surface area contributed by atoms with Gasteiger partial charge in [0.25, 0.3) is 11.8 Å². The van der Waals surface area contributed by atoms with Crippen molar-refractivity contribution in [2.75, 3.05) is 17.7 Å². The molecule has 1 atom stereocenters. The molecule has 5 aromatic rings. The molecule has 230 valence electrons. The Morgan fingerprint density at radius 2 is 1.37 bits per heavy atom. The SMILES string of the molecule is COc1ccccc1NC(=O)C(Sc1ccc(NC(=O)/C(=C/c2ccc(Cl)cc2)NC(=O)c2ccccc2)cc1)c1ccccc1. The molecule has 0 aromatic heterocycles. The van der Waals surface area contributed by atoms with Gasteiger partial charge < -0.3 is 20.7 Å². The van der Waals surface area contributed by atoms with Crippen molar-refractivity contribution in [3.8, 4) is 5.75 Å². The molecule has 3 amide bonds. The van der Waals surface area contributed by atoms with E-state index in [2.05, 4.69) is 16.0 Å². The Morgan fingerprint density at radius 3 is 2.04 bits per heavy atom. The van der Waals surface area contributed by atoms with E-state index >= 15 is 0 Å². The van der Waals surface area contributed by atoms with Crippen LogP contribution in [0.3, 0.4) is 0 Å². The molecule has 46 heavy (non-hydrogen) atoms. The van der Waals surface area contributed by atoms with E-state index in [0.717, 1.165) is 10.5 Å². The summed E-state index contributed by atoms with van der Waals surface area (Å²) in [5, 5.41) is 8.58. The number of rotatable bonds is 11. The lowest BCUT2D eigenvalue weighted by Crippen LogP contribution is -2.30. The zero-order valence-corrected chi connectivity index (χ0v) is 26.3. The van der Waals surface area contributed by atoms with Crippen LogP contribution in [0.2, 0.25) is 5.02 Å². The first kappa shape index (κ1) is 32.1. The van der Waals surface area contributed by atoms with Crippen LogP contribution in [0, 0.1) is 0 Å². The average molecular weight is 648 g/mol. The van der Waals surface area contributed by atoms with Crippen molar-refractivity contribution in [3.05, 3.63) is 161 Å². The fourth-order valence-electron chi connectivity index (χ4n) is 4.47. The number of amides is 3. The van der Waals surface area contributed by atoms with Gasteiger partial charge >= 0.3 is 0 Å². The van der Waals surface area contributed by atoms with Crippen molar-refractivity contribution < 1.29 is 19.1 Å². The van der Waals surface area contributed by atoms with E-state index in [-0.39, 0.29) is 11.6 Å². The summed E-state index contributed by atoms with van der Waals surface area (Å²) in [6.07, 6.45) is 1.58. The lowest BCUT2D eigenvalue weighted by molar-refractivity contribution is -0.116. The first-order chi connectivity index (χ1) is 22.4. The summed E-state index contributed by atoms with van der Waals surface area (Å²) in [6.45, 7) is 0. The number of ether oxygens (including phenoxy) is 1. The third kappa shape index (κ3) is 8.65. The number of hydrogen-bond acceptors (Lipinski definition) is 5. The van der Waals surface area contributed by atoms with Gasteiger partial charge in [0.1, 0.15) is 16.7 Å². The topological polar surface area (TPSA) is 96.5 Å². The Kier molecular flexibility index (Phi) is 10.9. The van der Waals surface area contributed by atoms with Gasteiger partial charge in [-0.15, -0.1) is 11.8 Å². The molecule has 0 spiro atoms. The number of nitrogens with one attached hydrogen (secondary N) is 3. The Bertz CT molecular complexity index is 1830. The molecule has 0 heterocycles. The maximum Gasteiger partial charge on any atom is 0.272 e. The van der Waals surface area contributed by atoms with E-state index in [1.54, 1.807) is 86.0 Å². The molecule has 0 bridgehead atoms. The Morgan fingerprint density at radius 1 is 0.739 bits per heavy atom. The third-order valence-corrected chi connectivity index (χ3v) is 8.30. The summed E-state index contributed by atoms with van der Waals surface area (Å²) < 4.78 is 5.40. The highest BCUT2D eigenvalue weighted by Crippen LogP contribution is 2.37. The van der Waals surface area contributed by atoms with Gasteiger partial charge in [0.15, 0.2) is 0 Å². The van der Waals surface area contributed by atoms with E-state index in [1.165, 1.54) is 11.8 Å². The molecule has 1 unspecified atom stereocenters. The van der Waals surface area contributed by atoms with Crippen LogP contribution in [0.25, 0.3) is 6.08 Å². The van der Waals surface area contributed by atoms with Crippen molar-refractivity contribution >= 4 is 58.5 Å². The number of carbonyl (C=O) groups is 3. The number of anilines is 2. The van der Waals surface area contributed by atoms with Gasteiger partial charge in [-0.25, -0.2) is 0 Å². The lowest BCUT2D eigenvalue weighted by Gasteiger charge is -2.18. The van der Waals surface area contributed by atoms with Crippen LogP contribution in [0.15, 0.2) is 144 Å². The van der Waals surface area contributed by atoms with Crippen molar-refractivity contribution in [3.63, 3.8) is 0 Å². The predicted molar refractivity (Wildman–Crippen MR) is 185 cm³/mol. The molecule has 5 aromatic carbocycles. The van der Waals surface area contributed by atoms with Gasteiger partial charge in [-0.1, -0.05) is 84.4 Å². The van der Waals surface area contributed by atoms with Crippen molar-refractivity contribution in [1.29, 1.82) is 0 Å². The van der Waals surface area contributed by atoms with Crippen LogP contribution in [0.4, 0.5) is 11.4 Å². The van der Waals surface area contributed by atoms with Gasteiger partial charge in [0.05, 0.1) is 12.8 Å². The maximum atomic E-state index is 13.5. The predicted octanol–water partition coefficient (Wildman–Crippen LogP) is 8.23. The number of para-hydroxylation sites is 2. The second-order valence-electron chi connectivity index (χ2n) is 10.0. The molecule has 5 rings (SSSR count). The standard InChI is InChI=1S/C37H30ClN3O4S/c1-45-33-15-9-8-14-31(33)40-37(44)34(26-10-4-2-5-11-26)46-30-22-20-29(21-23-30)39-36(43)32(24-25-16-18-28(38)19-17-25)41-35(42)27-12-6-3-7-13-27/h2-24,34H,1H3,(H,39,43)(H,40,44)(H,41,42)/b32-24-. The van der Waals surface area contributed by atoms with Crippen LogP contribution in [0.5, 0.6) is 5.75 Å². The largest absolute Gasteiger partial charge is 0.495 e. The van der Waals surface area contributed by atoms with E-state index in [9.17, 15) is 14.4 Å². The molecule has 0 saturated carbocycles. The van der Waals surface area contributed by atoms with Gasteiger partial charge in [-0.3, -0.25) is 14.4 Å². The second kappa shape index (κ2) is 15.6. The Hall–Kier alpha value is -5.31. The molecule has 0 radical (unpaired) electrons. The smallest absolute Gasteiger partial charge is 0.272 e. The van der Waals surface area contributed by atoms with Crippen LogP contribution in [-0.4, -0.2) is 24.8 Å². The Balaban J connectivity index is 1.33. The monoisotopic (exact) mass is 647 g/mol. The summed E-state index contributed by atoms with van der Waals surface area (Å²) >= 11 is 7.41. The Labute approximate surface area is 276 Å². The molecule has 7 nitrogen and oxygen atoms in total. The molecular formula is C37H30ClN3O4S. The molecule has 0 aliphatic heterocycles. The van der Waals surface area contributed by atoms with Crippen LogP contribution >= 0.6 is 23.4 Å². The highest BCUT2D eigenvalue weighted by atomic mass is 35.5.